The van der Waals surface area contributed by atoms with Crippen molar-refractivity contribution in [1.29, 1.82) is 0 Å². The van der Waals surface area contributed by atoms with E-state index in [0.29, 0.717) is 6.04 Å². The number of rotatable bonds is 5. The second-order valence-corrected chi connectivity index (χ2v) is 7.06. The summed E-state index contributed by atoms with van der Waals surface area (Å²) in [5, 5.41) is 3.54. The van der Waals surface area contributed by atoms with Crippen LogP contribution in [-0.4, -0.2) is 6.54 Å². The molecule has 1 aliphatic rings. The fraction of sp³-hybridized carbons (Fsp3) is 0.692. The maximum absolute atomic E-state index is 6.26. The Morgan fingerprint density at radius 3 is 2.65 bits per heavy atom. The summed E-state index contributed by atoms with van der Waals surface area (Å²) in [5.74, 6) is 0.855. The van der Waals surface area contributed by atoms with Crippen molar-refractivity contribution in [3.05, 3.63) is 20.3 Å². The highest BCUT2D eigenvalue weighted by Crippen LogP contribution is 2.39. The summed E-state index contributed by atoms with van der Waals surface area (Å²) in [6, 6.07) is 2.40. The number of thiophene rings is 1. The van der Waals surface area contributed by atoms with Crippen LogP contribution in [0.4, 0.5) is 0 Å². The number of hydrogen-bond acceptors (Lipinski definition) is 2. The molecular formula is C13H19Cl2NS. The van der Waals surface area contributed by atoms with E-state index in [0.717, 1.165) is 21.1 Å². The molecule has 1 aliphatic carbocycles. The number of nitrogens with one attached hydrogen (secondary N) is 1. The normalized spacial score (nSPS) is 18.8. The summed E-state index contributed by atoms with van der Waals surface area (Å²) >= 11 is 13.8. The van der Waals surface area contributed by atoms with E-state index < -0.39 is 0 Å². The molecule has 96 valence electrons. The molecule has 1 aromatic heterocycles. The van der Waals surface area contributed by atoms with Crippen LogP contribution in [0.3, 0.4) is 0 Å². The molecule has 0 aliphatic heterocycles. The minimum Gasteiger partial charge on any atom is -0.310 e. The smallest absolute Gasteiger partial charge is 0.0991 e. The first-order valence-corrected chi connectivity index (χ1v) is 7.96. The van der Waals surface area contributed by atoms with Crippen molar-refractivity contribution in [2.75, 3.05) is 6.54 Å². The second kappa shape index (κ2) is 6.42. The predicted molar refractivity (Wildman–Crippen MR) is 77.3 cm³/mol. The molecule has 0 saturated heterocycles. The van der Waals surface area contributed by atoms with Crippen LogP contribution < -0.4 is 5.32 Å². The lowest BCUT2D eigenvalue weighted by molar-refractivity contribution is 0.401. The largest absolute Gasteiger partial charge is 0.310 e. The van der Waals surface area contributed by atoms with Crippen molar-refractivity contribution in [2.45, 2.75) is 45.1 Å². The fourth-order valence-corrected chi connectivity index (χ4v) is 4.32. The highest BCUT2D eigenvalue weighted by atomic mass is 35.5. The Morgan fingerprint density at radius 1 is 1.41 bits per heavy atom. The Bertz CT molecular complexity index is 358. The molecule has 1 saturated carbocycles. The number of hydrogen-bond donors (Lipinski definition) is 1. The van der Waals surface area contributed by atoms with E-state index >= 15 is 0 Å². The second-order valence-electron chi connectivity index (χ2n) is 4.78. The van der Waals surface area contributed by atoms with Gasteiger partial charge in [0.2, 0.25) is 0 Å². The van der Waals surface area contributed by atoms with Crippen molar-refractivity contribution in [3.8, 4) is 0 Å². The van der Waals surface area contributed by atoms with E-state index in [2.05, 4.69) is 12.2 Å². The monoisotopic (exact) mass is 291 g/mol. The van der Waals surface area contributed by atoms with Crippen LogP contribution >= 0.6 is 34.5 Å². The third kappa shape index (κ3) is 3.60. The van der Waals surface area contributed by atoms with Crippen LogP contribution in [0.1, 0.15) is 50.6 Å². The summed E-state index contributed by atoms with van der Waals surface area (Å²) in [4.78, 5) is 0. The zero-order valence-electron chi connectivity index (χ0n) is 10.1. The Kier molecular flexibility index (Phi) is 5.16. The van der Waals surface area contributed by atoms with E-state index in [1.54, 1.807) is 0 Å². The zero-order valence-corrected chi connectivity index (χ0v) is 12.5. The molecule has 2 rings (SSSR count). The van der Waals surface area contributed by atoms with E-state index in [-0.39, 0.29) is 0 Å². The Morgan fingerprint density at radius 2 is 2.12 bits per heavy atom. The molecule has 1 N–H and O–H groups in total. The summed E-state index contributed by atoms with van der Waals surface area (Å²) in [6.45, 7) is 3.12. The molecule has 0 radical (unpaired) electrons. The quantitative estimate of drug-likeness (QED) is 0.778. The molecule has 17 heavy (non-hydrogen) atoms. The van der Waals surface area contributed by atoms with Gasteiger partial charge in [0.15, 0.2) is 0 Å². The van der Waals surface area contributed by atoms with Gasteiger partial charge < -0.3 is 5.32 Å². The molecule has 1 unspecified atom stereocenters. The highest BCUT2D eigenvalue weighted by Gasteiger charge is 2.23. The third-order valence-corrected chi connectivity index (χ3v) is 5.07. The molecule has 0 bridgehead atoms. The van der Waals surface area contributed by atoms with Gasteiger partial charge in [-0.25, -0.2) is 0 Å². The SMILES string of the molecule is CCNC(CC1CCCC1)c1cc(Cl)sc1Cl. The molecule has 1 aromatic rings. The number of halogens is 2. The van der Waals surface area contributed by atoms with Gasteiger partial charge in [0, 0.05) is 11.6 Å². The van der Waals surface area contributed by atoms with E-state index in [9.17, 15) is 0 Å². The van der Waals surface area contributed by atoms with Crippen LogP contribution in [0.15, 0.2) is 6.07 Å². The Hall–Kier alpha value is 0.240. The molecular weight excluding hydrogens is 273 g/mol. The molecule has 0 aromatic carbocycles. The van der Waals surface area contributed by atoms with Gasteiger partial charge in [0.05, 0.1) is 8.67 Å². The van der Waals surface area contributed by atoms with Crippen molar-refractivity contribution >= 4 is 34.5 Å². The third-order valence-electron chi connectivity index (χ3n) is 3.55. The van der Waals surface area contributed by atoms with Gasteiger partial charge in [0.1, 0.15) is 0 Å². The van der Waals surface area contributed by atoms with Crippen molar-refractivity contribution in [1.82, 2.24) is 5.32 Å². The summed E-state index contributed by atoms with van der Waals surface area (Å²) in [7, 11) is 0. The summed E-state index contributed by atoms with van der Waals surface area (Å²) < 4.78 is 1.64. The van der Waals surface area contributed by atoms with Crippen LogP contribution in [0.2, 0.25) is 8.67 Å². The minimum absolute atomic E-state index is 0.374. The van der Waals surface area contributed by atoms with Crippen molar-refractivity contribution in [3.63, 3.8) is 0 Å². The topological polar surface area (TPSA) is 12.0 Å². The van der Waals surface area contributed by atoms with E-state index in [1.165, 1.54) is 49.0 Å². The van der Waals surface area contributed by atoms with Gasteiger partial charge >= 0.3 is 0 Å². The molecule has 4 heteroatoms. The molecule has 1 fully saturated rings. The molecule has 0 spiro atoms. The van der Waals surface area contributed by atoms with E-state index in [4.69, 9.17) is 23.2 Å². The summed E-state index contributed by atoms with van der Waals surface area (Å²) in [5.41, 5.74) is 1.19. The van der Waals surface area contributed by atoms with Crippen molar-refractivity contribution in [2.24, 2.45) is 5.92 Å². The average Bonchev–Trinajstić information content (AvgIpc) is 2.88. The van der Waals surface area contributed by atoms with Crippen LogP contribution in [0, 0.1) is 5.92 Å². The van der Waals surface area contributed by atoms with Gasteiger partial charge in [-0.05, 0) is 24.9 Å². The molecule has 0 amide bonds. The zero-order chi connectivity index (χ0) is 12.3. The highest BCUT2D eigenvalue weighted by molar-refractivity contribution is 7.20. The lowest BCUT2D eigenvalue weighted by Crippen LogP contribution is -2.22. The first-order valence-electron chi connectivity index (χ1n) is 6.38. The predicted octanol–water partition coefficient (Wildman–Crippen LogP) is 5.29. The molecule has 1 atom stereocenters. The summed E-state index contributed by atoms with van der Waals surface area (Å²) in [6.07, 6.45) is 6.72. The van der Waals surface area contributed by atoms with Gasteiger partial charge in [0.25, 0.3) is 0 Å². The Labute approximate surface area is 118 Å². The van der Waals surface area contributed by atoms with Gasteiger partial charge in [-0.1, -0.05) is 55.8 Å². The van der Waals surface area contributed by atoms with Gasteiger partial charge in [-0.15, -0.1) is 11.3 Å². The van der Waals surface area contributed by atoms with Crippen LogP contribution in [-0.2, 0) is 0 Å². The first kappa shape index (κ1) is 13.7. The molecule has 1 nitrogen and oxygen atoms in total. The standard InChI is InChI=1S/C13H19Cl2NS/c1-2-16-11(7-9-5-3-4-6-9)10-8-12(14)17-13(10)15/h8-9,11,16H,2-7H2,1H3. The van der Waals surface area contributed by atoms with Crippen LogP contribution in [0.25, 0.3) is 0 Å². The lowest BCUT2D eigenvalue weighted by Gasteiger charge is -2.21. The maximum Gasteiger partial charge on any atom is 0.0991 e. The molecule has 1 heterocycles. The lowest BCUT2D eigenvalue weighted by atomic mass is 9.95. The van der Waals surface area contributed by atoms with Gasteiger partial charge in [-0.3, -0.25) is 0 Å². The van der Waals surface area contributed by atoms with Gasteiger partial charge in [-0.2, -0.15) is 0 Å². The fourth-order valence-electron chi connectivity index (χ4n) is 2.74. The van der Waals surface area contributed by atoms with Crippen molar-refractivity contribution < 1.29 is 0 Å². The average molecular weight is 292 g/mol. The maximum atomic E-state index is 6.26. The van der Waals surface area contributed by atoms with E-state index in [1.807, 2.05) is 6.07 Å². The Balaban J connectivity index is 2.07. The first-order chi connectivity index (χ1) is 8.20. The van der Waals surface area contributed by atoms with Crippen LogP contribution in [0.5, 0.6) is 0 Å². The minimum atomic E-state index is 0.374.